The van der Waals surface area contributed by atoms with Gasteiger partial charge in [0.25, 0.3) is 5.78 Å². The number of aldehydes is 1. The van der Waals surface area contributed by atoms with Gasteiger partial charge in [-0.2, -0.15) is 0 Å². The van der Waals surface area contributed by atoms with E-state index in [2.05, 4.69) is 4.74 Å². The Morgan fingerprint density at radius 1 is 0.833 bits per heavy atom. The van der Waals surface area contributed by atoms with Gasteiger partial charge in [0.05, 0.1) is 13.2 Å². The quantitative estimate of drug-likeness (QED) is 0.0983. The van der Waals surface area contributed by atoms with Crippen LogP contribution in [0.3, 0.4) is 0 Å². The molecule has 0 aliphatic carbocycles. The van der Waals surface area contributed by atoms with E-state index in [-0.39, 0.29) is 6.29 Å². The summed E-state index contributed by atoms with van der Waals surface area (Å²) in [5, 5.41) is 73.0. The van der Waals surface area contributed by atoms with Gasteiger partial charge in [0.15, 0.2) is 18.5 Å². The zero-order valence-electron chi connectivity index (χ0n) is 12.2. The molecule has 8 N–H and O–H groups in total. The van der Waals surface area contributed by atoms with Crippen molar-refractivity contribution in [3.05, 3.63) is 0 Å². The molecule has 12 heteroatoms. The van der Waals surface area contributed by atoms with Gasteiger partial charge in [-0.05, 0) is 0 Å². The predicted octanol–water partition coefficient (Wildman–Crippen LogP) is -6.18. The Morgan fingerprint density at radius 3 is 1.71 bits per heavy atom. The monoisotopic (exact) mass is 356 g/mol. The number of Topliss-reactive ketones (excluding diaryl/α,β-unsaturated/α-hetero) is 1. The summed E-state index contributed by atoms with van der Waals surface area (Å²) in [6.07, 6.45) is -15.1. The predicted molar refractivity (Wildman–Crippen MR) is 71.2 cm³/mol. The van der Waals surface area contributed by atoms with E-state index in [1.807, 2.05) is 0 Å². The van der Waals surface area contributed by atoms with Gasteiger partial charge in [-0.25, -0.2) is 4.79 Å². The second-order valence-corrected chi connectivity index (χ2v) is 4.79. The van der Waals surface area contributed by atoms with Gasteiger partial charge in [0.1, 0.15) is 30.5 Å². The minimum absolute atomic E-state index is 0.186. The Labute approximate surface area is 135 Å². The van der Waals surface area contributed by atoms with Crippen molar-refractivity contribution in [2.24, 2.45) is 0 Å². The highest BCUT2D eigenvalue weighted by atomic mass is 16.6. The Bertz CT molecular complexity index is 426. The first-order valence-electron chi connectivity index (χ1n) is 6.62. The number of carbonyl (C=O) groups is 3. The molecule has 0 aromatic heterocycles. The Morgan fingerprint density at radius 2 is 1.29 bits per heavy atom. The van der Waals surface area contributed by atoms with Crippen LogP contribution in [0.4, 0.5) is 0 Å². The third-order valence-electron chi connectivity index (χ3n) is 3.02. The Balaban J connectivity index is 4.92. The summed E-state index contributed by atoms with van der Waals surface area (Å²) in [6, 6.07) is 0. The van der Waals surface area contributed by atoms with Crippen molar-refractivity contribution >= 4 is 18.0 Å². The van der Waals surface area contributed by atoms with Crippen molar-refractivity contribution in [2.45, 2.75) is 42.7 Å². The smallest absolute Gasteiger partial charge is 0.378 e. The van der Waals surface area contributed by atoms with Crippen molar-refractivity contribution in [3.8, 4) is 0 Å². The highest BCUT2D eigenvalue weighted by molar-refractivity contribution is 6.35. The molecule has 0 amide bonds. The Hall–Kier alpha value is -1.51. The molecular weight excluding hydrogens is 336 g/mol. The molecule has 0 aromatic carbocycles. The molecule has 0 saturated heterocycles. The molecule has 7 atom stereocenters. The maximum atomic E-state index is 11.5. The first-order chi connectivity index (χ1) is 11.1. The lowest BCUT2D eigenvalue weighted by atomic mass is 10.0. The number of carbonyl (C=O) groups excluding carboxylic acids is 3. The van der Waals surface area contributed by atoms with Crippen molar-refractivity contribution in [3.63, 3.8) is 0 Å². The molecule has 0 saturated carbocycles. The molecule has 7 unspecified atom stereocenters. The van der Waals surface area contributed by atoms with E-state index >= 15 is 0 Å². The largest absolute Gasteiger partial charge is 0.446 e. The minimum atomic E-state index is -2.49. The summed E-state index contributed by atoms with van der Waals surface area (Å²) in [5.41, 5.74) is 0. The van der Waals surface area contributed by atoms with Crippen molar-refractivity contribution in [1.82, 2.24) is 0 Å². The fourth-order valence-corrected chi connectivity index (χ4v) is 1.48. The standard InChI is InChI=1S/C12H20O12/c13-1-4(16)7(18)9(20)6(3-15)24-12(23)11(22)10(21)8(19)5(17)2-14/h3-10,13-14,16-21H,1-2H2. The molecule has 0 fully saturated rings. The van der Waals surface area contributed by atoms with Crippen LogP contribution in [0.2, 0.25) is 0 Å². The Kier molecular flexibility index (Phi) is 9.72. The van der Waals surface area contributed by atoms with E-state index in [1.165, 1.54) is 0 Å². The molecule has 140 valence electrons. The van der Waals surface area contributed by atoms with E-state index in [4.69, 9.17) is 20.4 Å². The zero-order valence-corrected chi connectivity index (χ0v) is 12.2. The van der Waals surface area contributed by atoms with E-state index < -0.39 is 67.7 Å². The maximum absolute atomic E-state index is 11.5. The van der Waals surface area contributed by atoms with Crippen LogP contribution >= 0.6 is 0 Å². The molecular formula is C12H20O12. The van der Waals surface area contributed by atoms with E-state index in [9.17, 15) is 34.8 Å². The van der Waals surface area contributed by atoms with Crippen LogP contribution < -0.4 is 0 Å². The summed E-state index contributed by atoms with van der Waals surface area (Å²) in [5.74, 6) is -3.69. The van der Waals surface area contributed by atoms with Crippen LogP contribution in [0.15, 0.2) is 0 Å². The summed E-state index contributed by atoms with van der Waals surface area (Å²) in [6.45, 7) is -2.01. The zero-order chi connectivity index (χ0) is 19.0. The van der Waals surface area contributed by atoms with Crippen LogP contribution in [0, 0.1) is 0 Å². The van der Waals surface area contributed by atoms with Crippen molar-refractivity contribution in [2.75, 3.05) is 13.2 Å². The fourth-order valence-electron chi connectivity index (χ4n) is 1.48. The normalized spacial score (nSPS) is 20.2. The fraction of sp³-hybridized carbons (Fsp3) is 0.750. The average Bonchev–Trinajstić information content (AvgIpc) is 2.60. The van der Waals surface area contributed by atoms with Crippen LogP contribution in [-0.4, -0.2) is 115 Å². The van der Waals surface area contributed by atoms with Gasteiger partial charge in [-0.1, -0.05) is 0 Å². The van der Waals surface area contributed by atoms with Crippen molar-refractivity contribution in [1.29, 1.82) is 0 Å². The number of rotatable bonds is 11. The summed E-state index contributed by atoms with van der Waals surface area (Å²) in [7, 11) is 0. The van der Waals surface area contributed by atoms with E-state index in [1.54, 1.807) is 0 Å². The lowest BCUT2D eigenvalue weighted by molar-refractivity contribution is -0.176. The van der Waals surface area contributed by atoms with E-state index in [0.29, 0.717) is 0 Å². The summed E-state index contributed by atoms with van der Waals surface area (Å²) < 4.78 is 4.25. The number of aliphatic hydroxyl groups excluding tert-OH is 8. The first kappa shape index (κ1) is 22.5. The molecule has 0 rings (SSSR count). The van der Waals surface area contributed by atoms with Gasteiger partial charge >= 0.3 is 5.97 Å². The molecule has 0 bridgehead atoms. The third-order valence-corrected chi connectivity index (χ3v) is 3.02. The lowest BCUT2D eigenvalue weighted by Crippen LogP contribution is -2.50. The third kappa shape index (κ3) is 5.85. The molecule has 12 nitrogen and oxygen atoms in total. The molecule has 0 aliphatic heterocycles. The van der Waals surface area contributed by atoms with Gasteiger partial charge < -0.3 is 45.6 Å². The molecule has 24 heavy (non-hydrogen) atoms. The number of ketones is 1. The minimum Gasteiger partial charge on any atom is -0.446 e. The maximum Gasteiger partial charge on any atom is 0.378 e. The van der Waals surface area contributed by atoms with Gasteiger partial charge in [0, 0.05) is 0 Å². The number of esters is 1. The van der Waals surface area contributed by atoms with Crippen LogP contribution in [-0.2, 0) is 19.1 Å². The molecule has 0 spiro atoms. The number of ether oxygens (including phenoxy) is 1. The topological polar surface area (TPSA) is 222 Å². The van der Waals surface area contributed by atoms with E-state index in [0.717, 1.165) is 0 Å². The highest BCUT2D eigenvalue weighted by Gasteiger charge is 2.38. The molecule has 0 aromatic rings. The highest BCUT2D eigenvalue weighted by Crippen LogP contribution is 2.09. The number of aliphatic hydroxyl groups is 8. The number of hydrogen-bond donors (Lipinski definition) is 8. The second-order valence-electron chi connectivity index (χ2n) is 4.79. The SMILES string of the molecule is O=CC(OC(=O)C(=O)C(O)C(O)C(O)CO)C(O)C(O)C(O)CO. The van der Waals surface area contributed by atoms with Crippen molar-refractivity contribution < 1.29 is 60.0 Å². The van der Waals surface area contributed by atoms with Crippen LogP contribution in [0.5, 0.6) is 0 Å². The average molecular weight is 356 g/mol. The van der Waals surface area contributed by atoms with Crippen LogP contribution in [0.25, 0.3) is 0 Å². The van der Waals surface area contributed by atoms with Gasteiger partial charge in [-0.3, -0.25) is 9.59 Å². The first-order valence-corrected chi connectivity index (χ1v) is 6.62. The summed E-state index contributed by atoms with van der Waals surface area (Å²) >= 11 is 0. The summed E-state index contributed by atoms with van der Waals surface area (Å²) in [4.78, 5) is 33.8. The molecule has 0 radical (unpaired) electrons. The number of hydrogen-bond acceptors (Lipinski definition) is 12. The second kappa shape index (κ2) is 10.4. The van der Waals surface area contributed by atoms with Gasteiger partial charge in [-0.15, -0.1) is 0 Å². The van der Waals surface area contributed by atoms with Crippen LogP contribution in [0.1, 0.15) is 0 Å². The lowest BCUT2D eigenvalue weighted by Gasteiger charge is -2.26. The molecule has 0 aliphatic rings. The molecule has 0 heterocycles. The van der Waals surface area contributed by atoms with Gasteiger partial charge in [0.2, 0.25) is 0 Å².